The molecule has 0 saturated carbocycles. The zero-order valence-electron chi connectivity index (χ0n) is 15.1. The number of nitrogens with one attached hydrogen (secondary N) is 1. The van der Waals surface area contributed by atoms with Gasteiger partial charge in [-0.15, -0.1) is 0 Å². The highest BCUT2D eigenvalue weighted by Gasteiger charge is 2.44. The summed E-state index contributed by atoms with van der Waals surface area (Å²) in [5, 5.41) is 6.65. The second-order valence-electron chi connectivity index (χ2n) is 7.52. The Hall–Kier alpha value is -1.80. The zero-order chi connectivity index (χ0) is 18.9. The molecular weight excluding hydrogens is 382 g/mol. The lowest BCUT2D eigenvalue weighted by molar-refractivity contribution is -0.133. The molecule has 3 saturated heterocycles. The van der Waals surface area contributed by atoms with Crippen molar-refractivity contribution in [2.24, 2.45) is 5.41 Å². The van der Waals surface area contributed by atoms with Crippen LogP contribution >= 0.6 is 23.1 Å². The summed E-state index contributed by atoms with van der Waals surface area (Å²) in [5.74, 6) is 0.634. The van der Waals surface area contributed by atoms with E-state index in [2.05, 4.69) is 5.32 Å². The van der Waals surface area contributed by atoms with Gasteiger partial charge in [-0.05, 0) is 53.1 Å². The predicted molar refractivity (Wildman–Crippen MR) is 108 cm³/mol. The van der Waals surface area contributed by atoms with E-state index in [1.807, 2.05) is 32.7 Å². The van der Waals surface area contributed by atoms with Gasteiger partial charge in [0.1, 0.15) is 6.04 Å². The predicted octanol–water partition coefficient (Wildman–Crippen LogP) is 2.43. The van der Waals surface area contributed by atoms with Gasteiger partial charge in [-0.3, -0.25) is 14.4 Å². The summed E-state index contributed by atoms with van der Waals surface area (Å²) in [7, 11) is 0. The van der Waals surface area contributed by atoms with Gasteiger partial charge in [-0.1, -0.05) is 11.8 Å². The fourth-order valence-electron chi connectivity index (χ4n) is 4.11. The summed E-state index contributed by atoms with van der Waals surface area (Å²) in [5.41, 5.74) is 1.18. The highest BCUT2D eigenvalue weighted by atomic mass is 32.2. The molecule has 3 aliphatic rings. The number of thiophene rings is 1. The zero-order valence-corrected chi connectivity index (χ0v) is 16.7. The molecule has 0 unspecified atom stereocenters. The van der Waals surface area contributed by atoms with Crippen LogP contribution in [0.3, 0.4) is 0 Å². The fourth-order valence-corrected chi connectivity index (χ4v) is 5.51. The van der Waals surface area contributed by atoms with Crippen molar-refractivity contribution in [1.82, 2.24) is 15.1 Å². The summed E-state index contributed by atoms with van der Waals surface area (Å²) in [4.78, 5) is 40.2. The minimum atomic E-state index is -0.374. The highest BCUT2D eigenvalue weighted by molar-refractivity contribution is 8.14. The van der Waals surface area contributed by atoms with Crippen LogP contribution in [0.4, 0.5) is 4.79 Å². The van der Waals surface area contributed by atoms with Crippen molar-refractivity contribution in [2.75, 3.05) is 31.9 Å². The van der Waals surface area contributed by atoms with E-state index in [9.17, 15) is 14.4 Å². The van der Waals surface area contributed by atoms with E-state index in [4.69, 9.17) is 0 Å². The number of carbonyl (C=O) groups excluding carboxylic acids is 3. The van der Waals surface area contributed by atoms with Crippen LogP contribution in [0.25, 0.3) is 6.08 Å². The van der Waals surface area contributed by atoms with Crippen LogP contribution < -0.4 is 5.32 Å². The normalized spacial score (nSPS) is 24.7. The molecule has 3 fully saturated rings. The number of hydrogen-bond donors (Lipinski definition) is 1. The van der Waals surface area contributed by atoms with E-state index in [1.165, 1.54) is 11.8 Å². The molecule has 4 rings (SSSR count). The molecule has 1 N–H and O–H groups in total. The average molecular weight is 406 g/mol. The SMILES string of the molecule is O=C1N[C@H](C(=O)N2CCC3(CCN(C(=O)/C=C/c4ccsc4)CC3)C2)CS1. The van der Waals surface area contributed by atoms with Crippen LogP contribution in [0.1, 0.15) is 24.8 Å². The Morgan fingerprint density at radius 2 is 1.93 bits per heavy atom. The molecule has 3 amide bonds. The van der Waals surface area contributed by atoms with Gasteiger partial charge < -0.3 is 15.1 Å². The molecule has 1 atom stereocenters. The number of piperidine rings is 1. The van der Waals surface area contributed by atoms with Gasteiger partial charge in [0, 0.05) is 38.0 Å². The second kappa shape index (κ2) is 7.67. The maximum atomic E-state index is 12.6. The first-order chi connectivity index (χ1) is 13.0. The largest absolute Gasteiger partial charge is 0.340 e. The number of carbonyl (C=O) groups is 3. The van der Waals surface area contributed by atoms with E-state index in [0.29, 0.717) is 5.75 Å². The van der Waals surface area contributed by atoms with E-state index in [0.717, 1.165) is 51.0 Å². The molecule has 8 heteroatoms. The maximum absolute atomic E-state index is 12.6. The van der Waals surface area contributed by atoms with Crippen molar-refractivity contribution in [2.45, 2.75) is 25.3 Å². The van der Waals surface area contributed by atoms with Gasteiger partial charge in [0.25, 0.3) is 5.24 Å². The Morgan fingerprint density at radius 1 is 1.19 bits per heavy atom. The topological polar surface area (TPSA) is 69.7 Å². The summed E-state index contributed by atoms with van der Waals surface area (Å²) >= 11 is 2.80. The average Bonchev–Trinajstić information content (AvgIpc) is 3.41. The minimum Gasteiger partial charge on any atom is -0.340 e. The van der Waals surface area contributed by atoms with Crippen LogP contribution in [0.2, 0.25) is 0 Å². The third-order valence-electron chi connectivity index (χ3n) is 5.82. The molecule has 0 aliphatic carbocycles. The minimum absolute atomic E-state index is 0.0439. The first-order valence-corrected chi connectivity index (χ1v) is 11.2. The molecule has 0 radical (unpaired) electrons. The van der Waals surface area contributed by atoms with Crippen molar-refractivity contribution in [3.8, 4) is 0 Å². The first-order valence-electron chi connectivity index (χ1n) is 9.26. The third-order valence-corrected chi connectivity index (χ3v) is 7.40. The van der Waals surface area contributed by atoms with Crippen LogP contribution in [0.5, 0.6) is 0 Å². The molecule has 1 aromatic rings. The maximum Gasteiger partial charge on any atom is 0.279 e. The molecule has 27 heavy (non-hydrogen) atoms. The van der Waals surface area contributed by atoms with Crippen LogP contribution in [0.15, 0.2) is 22.9 Å². The third kappa shape index (κ3) is 4.06. The number of hydrogen-bond acceptors (Lipinski definition) is 5. The van der Waals surface area contributed by atoms with Gasteiger partial charge in [0.05, 0.1) is 0 Å². The number of amides is 3. The molecule has 6 nitrogen and oxygen atoms in total. The Kier molecular flexibility index (Phi) is 5.27. The Balaban J connectivity index is 1.29. The molecule has 3 aliphatic heterocycles. The molecular formula is C19H23N3O3S2. The fraction of sp³-hybridized carbons (Fsp3) is 0.526. The van der Waals surface area contributed by atoms with Crippen LogP contribution in [0, 0.1) is 5.41 Å². The summed E-state index contributed by atoms with van der Waals surface area (Å²) in [6.45, 7) is 2.98. The van der Waals surface area contributed by atoms with Crippen LogP contribution in [-0.2, 0) is 9.59 Å². The van der Waals surface area contributed by atoms with Gasteiger partial charge in [-0.2, -0.15) is 11.3 Å². The summed E-state index contributed by atoms with van der Waals surface area (Å²) < 4.78 is 0. The molecule has 0 bridgehead atoms. The Bertz CT molecular complexity index is 754. The highest BCUT2D eigenvalue weighted by Crippen LogP contribution is 2.40. The number of thioether (sulfide) groups is 1. The monoisotopic (exact) mass is 405 g/mol. The van der Waals surface area contributed by atoms with Crippen molar-refractivity contribution in [3.63, 3.8) is 0 Å². The smallest absolute Gasteiger partial charge is 0.279 e. The molecule has 1 aromatic heterocycles. The van der Waals surface area contributed by atoms with E-state index < -0.39 is 0 Å². The van der Waals surface area contributed by atoms with Gasteiger partial charge in [0.15, 0.2) is 0 Å². The summed E-state index contributed by atoms with van der Waals surface area (Å²) in [6, 6.07) is 1.62. The van der Waals surface area contributed by atoms with Crippen molar-refractivity contribution in [3.05, 3.63) is 28.5 Å². The van der Waals surface area contributed by atoms with E-state index in [-0.39, 0.29) is 28.5 Å². The lowest BCUT2D eigenvalue weighted by Crippen LogP contribution is -2.47. The van der Waals surface area contributed by atoms with Crippen molar-refractivity contribution < 1.29 is 14.4 Å². The molecule has 144 valence electrons. The molecule has 0 aromatic carbocycles. The van der Waals surface area contributed by atoms with Crippen molar-refractivity contribution >= 4 is 46.2 Å². The summed E-state index contributed by atoms with van der Waals surface area (Å²) in [6.07, 6.45) is 6.37. The van der Waals surface area contributed by atoms with Crippen LogP contribution in [-0.4, -0.2) is 64.8 Å². The standard InChI is InChI=1S/C19H23N3O3S2/c23-16(2-1-14-3-10-26-11-14)21-7-4-19(5-8-21)6-9-22(13-19)17(24)15-12-27-18(25)20-15/h1-3,10-11,15H,4-9,12-13H2,(H,20,25)/b2-1+/t15-/m0/s1. The first kappa shape index (κ1) is 18.6. The van der Waals surface area contributed by atoms with Gasteiger partial charge in [0.2, 0.25) is 11.8 Å². The number of likely N-dealkylation sites (tertiary alicyclic amines) is 2. The van der Waals surface area contributed by atoms with Gasteiger partial charge >= 0.3 is 0 Å². The quantitative estimate of drug-likeness (QED) is 0.784. The lowest BCUT2D eigenvalue weighted by Gasteiger charge is -2.39. The second-order valence-corrected chi connectivity index (χ2v) is 9.29. The van der Waals surface area contributed by atoms with E-state index >= 15 is 0 Å². The Labute approximate surface area is 167 Å². The van der Waals surface area contributed by atoms with E-state index in [1.54, 1.807) is 17.4 Å². The number of rotatable bonds is 3. The van der Waals surface area contributed by atoms with Crippen molar-refractivity contribution in [1.29, 1.82) is 0 Å². The molecule has 1 spiro atoms. The Morgan fingerprint density at radius 3 is 2.56 bits per heavy atom. The lowest BCUT2D eigenvalue weighted by atomic mass is 9.78. The molecule has 4 heterocycles. The number of nitrogens with zero attached hydrogens (tertiary/aromatic N) is 2. The van der Waals surface area contributed by atoms with Gasteiger partial charge in [-0.25, -0.2) is 0 Å².